The van der Waals surface area contributed by atoms with Crippen LogP contribution in [0.2, 0.25) is 0 Å². The van der Waals surface area contributed by atoms with Crippen molar-refractivity contribution in [3.05, 3.63) is 29.3 Å². The van der Waals surface area contributed by atoms with E-state index in [2.05, 4.69) is 11.8 Å². The van der Waals surface area contributed by atoms with Crippen LogP contribution in [-0.2, 0) is 0 Å². The van der Waals surface area contributed by atoms with Crippen molar-refractivity contribution in [1.82, 2.24) is 0 Å². The van der Waals surface area contributed by atoms with Gasteiger partial charge < -0.3 is 4.74 Å². The Kier molecular flexibility index (Phi) is 4.73. The molecule has 2 nitrogen and oxygen atoms in total. The fourth-order valence-corrected chi connectivity index (χ4v) is 1.18. The Hall–Kier alpha value is -1.46. The summed E-state index contributed by atoms with van der Waals surface area (Å²) in [5.74, 6) is 6.93. The lowest BCUT2D eigenvalue weighted by Gasteiger charge is -2.01. The predicted octanol–water partition coefficient (Wildman–Crippen LogP) is 2.49. The minimum atomic E-state index is 0.500. The Morgan fingerprint density at radius 3 is 2.93 bits per heavy atom. The van der Waals surface area contributed by atoms with Crippen LogP contribution >= 0.6 is 11.6 Å². The molecule has 0 N–H and O–H groups in total. The molecule has 78 valence electrons. The summed E-state index contributed by atoms with van der Waals surface area (Å²) < 4.78 is 5.01. The first-order chi connectivity index (χ1) is 7.31. The van der Waals surface area contributed by atoms with Crippen molar-refractivity contribution in [2.45, 2.75) is 6.42 Å². The van der Waals surface area contributed by atoms with E-state index in [4.69, 9.17) is 16.3 Å². The second-order valence-electron chi connectivity index (χ2n) is 2.81. The van der Waals surface area contributed by atoms with Gasteiger partial charge in [-0.1, -0.05) is 11.8 Å². The van der Waals surface area contributed by atoms with Gasteiger partial charge in [0.05, 0.1) is 7.11 Å². The molecule has 0 radical (unpaired) electrons. The van der Waals surface area contributed by atoms with E-state index in [0.717, 1.165) is 6.29 Å². The van der Waals surface area contributed by atoms with Crippen LogP contribution < -0.4 is 4.74 Å². The van der Waals surface area contributed by atoms with Gasteiger partial charge in [-0.3, -0.25) is 4.79 Å². The average Bonchev–Trinajstić information content (AvgIpc) is 2.29. The maximum absolute atomic E-state index is 10.8. The van der Waals surface area contributed by atoms with Crippen LogP contribution in [0.4, 0.5) is 0 Å². The number of carbonyl (C=O) groups excluding carboxylic acids is 1. The third kappa shape index (κ3) is 3.30. The van der Waals surface area contributed by atoms with Crippen molar-refractivity contribution in [2.24, 2.45) is 0 Å². The van der Waals surface area contributed by atoms with Gasteiger partial charge in [0.2, 0.25) is 0 Å². The third-order valence-corrected chi connectivity index (χ3v) is 2.02. The van der Waals surface area contributed by atoms with Crippen molar-refractivity contribution in [3.63, 3.8) is 0 Å². The van der Waals surface area contributed by atoms with Crippen LogP contribution in [0, 0.1) is 11.8 Å². The number of alkyl halides is 1. The summed E-state index contributed by atoms with van der Waals surface area (Å²) in [4.78, 5) is 10.8. The Labute approximate surface area is 94.2 Å². The third-order valence-electron chi connectivity index (χ3n) is 1.83. The fraction of sp³-hybridized carbons (Fsp3) is 0.250. The summed E-state index contributed by atoms with van der Waals surface area (Å²) in [5, 5.41) is 0. The van der Waals surface area contributed by atoms with E-state index in [9.17, 15) is 4.79 Å². The van der Waals surface area contributed by atoms with Crippen molar-refractivity contribution in [1.29, 1.82) is 0 Å². The van der Waals surface area contributed by atoms with Gasteiger partial charge in [-0.05, 0) is 18.2 Å². The smallest absolute Gasteiger partial charge is 0.151 e. The summed E-state index contributed by atoms with van der Waals surface area (Å²) in [7, 11) is 1.56. The lowest BCUT2D eigenvalue weighted by atomic mass is 10.1. The molecule has 1 rings (SSSR count). The first kappa shape index (κ1) is 11.6. The van der Waals surface area contributed by atoms with E-state index in [1.807, 2.05) is 0 Å². The number of rotatable bonds is 3. The number of halogens is 1. The van der Waals surface area contributed by atoms with Gasteiger partial charge in [0, 0.05) is 23.4 Å². The van der Waals surface area contributed by atoms with E-state index in [1.54, 1.807) is 25.3 Å². The molecule has 0 bridgehead atoms. The molecular weight excluding hydrogens is 212 g/mol. The predicted molar refractivity (Wildman–Crippen MR) is 60.6 cm³/mol. The molecule has 0 saturated heterocycles. The number of benzene rings is 1. The number of aldehydes is 1. The number of ether oxygens (including phenoxy) is 1. The molecule has 0 heterocycles. The maximum Gasteiger partial charge on any atom is 0.151 e. The molecule has 0 spiro atoms. The number of methoxy groups -OCH3 is 1. The zero-order valence-electron chi connectivity index (χ0n) is 8.42. The maximum atomic E-state index is 10.8. The normalized spacial score (nSPS) is 8.93. The lowest BCUT2D eigenvalue weighted by Crippen LogP contribution is -1.90. The Morgan fingerprint density at radius 1 is 1.53 bits per heavy atom. The van der Waals surface area contributed by atoms with Crippen LogP contribution in [0.15, 0.2) is 18.2 Å². The van der Waals surface area contributed by atoms with Gasteiger partial charge in [0.15, 0.2) is 6.29 Å². The van der Waals surface area contributed by atoms with E-state index in [-0.39, 0.29) is 0 Å². The Balaban J connectivity index is 2.99. The van der Waals surface area contributed by atoms with Gasteiger partial charge in [-0.25, -0.2) is 0 Å². The zero-order valence-corrected chi connectivity index (χ0v) is 9.17. The van der Waals surface area contributed by atoms with Crippen molar-refractivity contribution in [3.8, 4) is 17.6 Å². The monoisotopic (exact) mass is 222 g/mol. The second kappa shape index (κ2) is 6.10. The van der Waals surface area contributed by atoms with Gasteiger partial charge in [-0.15, -0.1) is 11.6 Å². The standard InChI is InChI=1S/C12H11ClO2/c1-15-12-6-5-10(4-2-3-7-13)11(8-12)9-14/h5-6,8-9H,3,7H2,1H3. The molecule has 1 aromatic rings. The average molecular weight is 223 g/mol. The summed E-state index contributed by atoms with van der Waals surface area (Å²) in [6, 6.07) is 5.21. The van der Waals surface area contributed by atoms with Crippen LogP contribution in [0.1, 0.15) is 22.3 Å². The first-order valence-electron chi connectivity index (χ1n) is 4.50. The van der Waals surface area contributed by atoms with Gasteiger partial charge in [-0.2, -0.15) is 0 Å². The highest BCUT2D eigenvalue weighted by Crippen LogP contribution is 2.15. The molecule has 0 atom stereocenters. The summed E-state index contributed by atoms with van der Waals surface area (Å²) in [6.45, 7) is 0. The summed E-state index contributed by atoms with van der Waals surface area (Å²) in [6.07, 6.45) is 1.39. The molecule has 0 aliphatic carbocycles. The Bertz CT molecular complexity index is 402. The molecule has 3 heteroatoms. The number of hydrogen-bond acceptors (Lipinski definition) is 2. The molecule has 1 aromatic carbocycles. The highest BCUT2D eigenvalue weighted by molar-refractivity contribution is 6.18. The molecule has 0 aliphatic heterocycles. The van der Waals surface area contributed by atoms with E-state index < -0.39 is 0 Å². The molecule has 0 unspecified atom stereocenters. The van der Waals surface area contributed by atoms with Crippen molar-refractivity contribution < 1.29 is 9.53 Å². The zero-order chi connectivity index (χ0) is 11.1. The summed E-state index contributed by atoms with van der Waals surface area (Å²) in [5.41, 5.74) is 1.24. The van der Waals surface area contributed by atoms with Crippen LogP contribution in [-0.4, -0.2) is 19.3 Å². The van der Waals surface area contributed by atoms with E-state index in [1.165, 1.54) is 0 Å². The van der Waals surface area contributed by atoms with Crippen molar-refractivity contribution in [2.75, 3.05) is 13.0 Å². The quantitative estimate of drug-likeness (QED) is 0.446. The number of carbonyl (C=O) groups is 1. The van der Waals surface area contributed by atoms with E-state index in [0.29, 0.717) is 29.2 Å². The molecule has 0 aromatic heterocycles. The van der Waals surface area contributed by atoms with Crippen LogP contribution in [0.3, 0.4) is 0 Å². The molecule has 0 saturated carbocycles. The highest BCUT2D eigenvalue weighted by atomic mass is 35.5. The molecule has 0 aliphatic rings. The van der Waals surface area contributed by atoms with Gasteiger partial charge >= 0.3 is 0 Å². The van der Waals surface area contributed by atoms with Gasteiger partial charge in [0.1, 0.15) is 5.75 Å². The molecule has 15 heavy (non-hydrogen) atoms. The lowest BCUT2D eigenvalue weighted by molar-refractivity contribution is 0.112. The van der Waals surface area contributed by atoms with Crippen LogP contribution in [0.25, 0.3) is 0 Å². The Morgan fingerprint density at radius 2 is 2.33 bits per heavy atom. The SMILES string of the molecule is COc1ccc(C#CCCCl)c(C=O)c1. The first-order valence-corrected chi connectivity index (χ1v) is 5.03. The van der Waals surface area contributed by atoms with E-state index >= 15 is 0 Å². The number of hydrogen-bond donors (Lipinski definition) is 0. The minimum absolute atomic E-state index is 0.500. The highest BCUT2D eigenvalue weighted by Gasteiger charge is 2.00. The molecule has 0 fully saturated rings. The minimum Gasteiger partial charge on any atom is -0.497 e. The largest absolute Gasteiger partial charge is 0.497 e. The topological polar surface area (TPSA) is 26.3 Å². The molecular formula is C12H11ClO2. The van der Waals surface area contributed by atoms with Crippen molar-refractivity contribution >= 4 is 17.9 Å². The second-order valence-corrected chi connectivity index (χ2v) is 3.19. The molecule has 0 amide bonds. The fourth-order valence-electron chi connectivity index (χ4n) is 1.08. The van der Waals surface area contributed by atoms with Gasteiger partial charge in [0.25, 0.3) is 0 Å². The summed E-state index contributed by atoms with van der Waals surface area (Å²) >= 11 is 5.50. The van der Waals surface area contributed by atoms with Crippen LogP contribution in [0.5, 0.6) is 5.75 Å².